The van der Waals surface area contributed by atoms with Gasteiger partial charge in [0.15, 0.2) is 0 Å². The summed E-state index contributed by atoms with van der Waals surface area (Å²) in [4.78, 5) is 45.5. The molecule has 0 radical (unpaired) electrons. The molecule has 1 saturated carbocycles. The highest BCUT2D eigenvalue weighted by molar-refractivity contribution is 5.87. The molecule has 0 saturated heterocycles. The molecule has 20 heavy (non-hydrogen) atoms. The van der Waals surface area contributed by atoms with Gasteiger partial charge in [-0.25, -0.2) is 4.79 Å². The molecule has 6 N–H and O–H groups in total. The molecule has 1 rings (SSSR count). The van der Waals surface area contributed by atoms with Crippen molar-refractivity contribution in [2.24, 2.45) is 17.4 Å². The van der Waals surface area contributed by atoms with Crippen molar-refractivity contribution in [1.82, 2.24) is 10.2 Å². The summed E-state index contributed by atoms with van der Waals surface area (Å²) in [6.45, 7) is -0.918. The number of aliphatic carboxylic acids is 1. The van der Waals surface area contributed by atoms with E-state index < -0.39 is 48.9 Å². The molecule has 1 fully saturated rings. The van der Waals surface area contributed by atoms with Gasteiger partial charge in [-0.15, -0.1) is 0 Å². The van der Waals surface area contributed by atoms with Gasteiger partial charge in [0, 0.05) is 6.04 Å². The number of hydrogen-bond acceptors (Lipinski definition) is 4. The van der Waals surface area contributed by atoms with Crippen LogP contribution < -0.4 is 16.8 Å². The number of amides is 4. The SMILES string of the molecule is NC(=O)CN(CC(N)=O)C(=O)NC1CCCC1C(=O)O. The van der Waals surface area contributed by atoms with E-state index in [1.54, 1.807) is 0 Å². The third-order valence-corrected chi connectivity index (χ3v) is 3.12. The average Bonchev–Trinajstić information content (AvgIpc) is 2.74. The number of hydrogen-bond donors (Lipinski definition) is 4. The van der Waals surface area contributed by atoms with Gasteiger partial charge in [-0.2, -0.15) is 0 Å². The molecule has 112 valence electrons. The molecule has 4 amide bonds. The molecule has 9 nitrogen and oxygen atoms in total. The molecule has 9 heteroatoms. The first kappa shape index (κ1) is 15.7. The second-order valence-corrected chi connectivity index (χ2v) is 4.72. The minimum absolute atomic E-state index is 0.459. The topological polar surface area (TPSA) is 156 Å². The molecule has 2 atom stereocenters. The second kappa shape index (κ2) is 6.73. The van der Waals surface area contributed by atoms with Gasteiger partial charge >= 0.3 is 12.0 Å². The molecule has 0 heterocycles. The van der Waals surface area contributed by atoms with Gasteiger partial charge in [0.2, 0.25) is 11.8 Å². The fourth-order valence-corrected chi connectivity index (χ4v) is 2.25. The number of carboxylic acid groups (broad SMARTS) is 1. The summed E-state index contributed by atoms with van der Waals surface area (Å²) >= 11 is 0. The molecular weight excluding hydrogens is 268 g/mol. The van der Waals surface area contributed by atoms with Gasteiger partial charge < -0.3 is 26.8 Å². The quantitative estimate of drug-likeness (QED) is 0.454. The molecule has 0 aromatic heterocycles. The lowest BCUT2D eigenvalue weighted by atomic mass is 10.0. The molecule has 2 unspecified atom stereocenters. The minimum Gasteiger partial charge on any atom is -0.481 e. The maximum Gasteiger partial charge on any atom is 0.318 e. The van der Waals surface area contributed by atoms with Crippen LogP contribution in [0.5, 0.6) is 0 Å². The zero-order valence-corrected chi connectivity index (χ0v) is 10.9. The van der Waals surface area contributed by atoms with E-state index in [4.69, 9.17) is 16.6 Å². The van der Waals surface area contributed by atoms with Crippen LogP contribution in [0.3, 0.4) is 0 Å². The van der Waals surface area contributed by atoms with Crippen LogP contribution in [-0.2, 0) is 14.4 Å². The van der Waals surface area contributed by atoms with Crippen LogP contribution in [0.4, 0.5) is 4.79 Å². The Morgan fingerprint density at radius 2 is 1.65 bits per heavy atom. The van der Waals surface area contributed by atoms with E-state index >= 15 is 0 Å². The molecule has 0 spiro atoms. The third kappa shape index (κ3) is 4.41. The predicted molar refractivity (Wildman–Crippen MR) is 67.3 cm³/mol. The lowest BCUT2D eigenvalue weighted by Gasteiger charge is -2.24. The largest absolute Gasteiger partial charge is 0.481 e. The Bertz CT molecular complexity index is 409. The van der Waals surface area contributed by atoms with Crippen LogP contribution in [0, 0.1) is 5.92 Å². The average molecular weight is 286 g/mol. The van der Waals surface area contributed by atoms with Gasteiger partial charge in [-0.3, -0.25) is 14.4 Å². The first-order chi connectivity index (χ1) is 9.31. The fraction of sp³-hybridized carbons (Fsp3) is 0.636. The third-order valence-electron chi connectivity index (χ3n) is 3.12. The second-order valence-electron chi connectivity index (χ2n) is 4.72. The molecule has 0 aliphatic heterocycles. The van der Waals surface area contributed by atoms with Gasteiger partial charge in [0.05, 0.1) is 5.92 Å². The van der Waals surface area contributed by atoms with E-state index in [0.717, 1.165) is 4.90 Å². The highest BCUT2D eigenvalue weighted by Crippen LogP contribution is 2.25. The summed E-state index contributed by atoms with van der Waals surface area (Å²) in [5.74, 6) is -3.22. The Kier molecular flexibility index (Phi) is 5.30. The summed E-state index contributed by atoms with van der Waals surface area (Å²) in [5.41, 5.74) is 9.97. The van der Waals surface area contributed by atoms with Crippen molar-refractivity contribution in [1.29, 1.82) is 0 Å². The Hall–Kier alpha value is -2.32. The van der Waals surface area contributed by atoms with Crippen molar-refractivity contribution < 1.29 is 24.3 Å². The number of carbonyl (C=O) groups excluding carboxylic acids is 3. The Labute approximate surface area is 115 Å². The normalized spacial score (nSPS) is 21.2. The lowest BCUT2D eigenvalue weighted by Crippen LogP contribution is -2.51. The monoisotopic (exact) mass is 286 g/mol. The van der Waals surface area contributed by atoms with E-state index in [9.17, 15) is 19.2 Å². The maximum absolute atomic E-state index is 11.9. The number of carboxylic acids is 1. The smallest absolute Gasteiger partial charge is 0.318 e. The number of nitrogens with zero attached hydrogens (tertiary/aromatic N) is 1. The molecular formula is C11H18N4O5. The van der Waals surface area contributed by atoms with Crippen LogP contribution in [0.1, 0.15) is 19.3 Å². The lowest BCUT2D eigenvalue weighted by molar-refractivity contribution is -0.142. The first-order valence-corrected chi connectivity index (χ1v) is 6.16. The van der Waals surface area contributed by atoms with Gasteiger partial charge in [-0.05, 0) is 12.8 Å². The summed E-state index contributed by atoms with van der Waals surface area (Å²) in [7, 11) is 0. The molecule has 0 aromatic carbocycles. The van der Waals surface area contributed by atoms with Crippen molar-refractivity contribution in [3.8, 4) is 0 Å². The van der Waals surface area contributed by atoms with Crippen molar-refractivity contribution in [3.05, 3.63) is 0 Å². The van der Waals surface area contributed by atoms with Gasteiger partial charge in [-0.1, -0.05) is 6.42 Å². The fourth-order valence-electron chi connectivity index (χ4n) is 2.25. The van der Waals surface area contributed by atoms with Crippen LogP contribution in [0.15, 0.2) is 0 Å². The van der Waals surface area contributed by atoms with Gasteiger partial charge in [0.25, 0.3) is 0 Å². The van der Waals surface area contributed by atoms with Crippen molar-refractivity contribution >= 4 is 23.8 Å². The summed E-state index contributed by atoms with van der Waals surface area (Å²) in [6.07, 6.45) is 1.70. The maximum atomic E-state index is 11.9. The van der Waals surface area contributed by atoms with E-state index in [1.165, 1.54) is 0 Å². The van der Waals surface area contributed by atoms with Crippen molar-refractivity contribution in [3.63, 3.8) is 0 Å². The van der Waals surface area contributed by atoms with Crippen LogP contribution in [0.2, 0.25) is 0 Å². The Balaban J connectivity index is 2.67. The standard InChI is InChI=1S/C11H18N4O5/c12-8(16)4-15(5-9(13)17)11(20)14-7-3-1-2-6(7)10(18)19/h6-7H,1-5H2,(H2,12,16)(H2,13,17)(H,14,20)(H,18,19). The highest BCUT2D eigenvalue weighted by Gasteiger charge is 2.35. The first-order valence-electron chi connectivity index (χ1n) is 6.16. The summed E-state index contributed by atoms with van der Waals surface area (Å²) in [5, 5.41) is 11.5. The Morgan fingerprint density at radius 3 is 2.10 bits per heavy atom. The van der Waals surface area contributed by atoms with Crippen LogP contribution in [-0.4, -0.2) is 53.0 Å². The molecule has 0 bridgehead atoms. The molecule has 1 aliphatic carbocycles. The van der Waals surface area contributed by atoms with Crippen LogP contribution >= 0.6 is 0 Å². The highest BCUT2D eigenvalue weighted by atomic mass is 16.4. The number of nitrogens with one attached hydrogen (secondary N) is 1. The van der Waals surface area contributed by atoms with E-state index in [2.05, 4.69) is 5.32 Å². The predicted octanol–water partition coefficient (Wildman–Crippen LogP) is -1.78. The number of primary amides is 2. The number of rotatable bonds is 6. The minimum atomic E-state index is -0.982. The Morgan fingerprint density at radius 1 is 1.10 bits per heavy atom. The van der Waals surface area contributed by atoms with E-state index in [1.807, 2.05) is 0 Å². The number of carbonyl (C=O) groups is 4. The zero-order valence-electron chi connectivity index (χ0n) is 10.9. The number of nitrogens with two attached hydrogens (primary N) is 2. The molecule has 0 aromatic rings. The van der Waals surface area contributed by atoms with Crippen molar-refractivity contribution in [2.45, 2.75) is 25.3 Å². The van der Waals surface area contributed by atoms with E-state index in [0.29, 0.717) is 19.3 Å². The van der Waals surface area contributed by atoms with E-state index in [-0.39, 0.29) is 0 Å². The zero-order chi connectivity index (χ0) is 15.3. The van der Waals surface area contributed by atoms with Crippen LogP contribution in [0.25, 0.3) is 0 Å². The van der Waals surface area contributed by atoms with Gasteiger partial charge in [0.1, 0.15) is 13.1 Å². The number of urea groups is 1. The summed E-state index contributed by atoms with van der Waals surface area (Å²) in [6, 6.07) is -1.25. The summed E-state index contributed by atoms with van der Waals surface area (Å²) < 4.78 is 0. The van der Waals surface area contributed by atoms with Crippen molar-refractivity contribution in [2.75, 3.05) is 13.1 Å². The molecule has 1 aliphatic rings.